The van der Waals surface area contributed by atoms with Crippen molar-refractivity contribution in [1.82, 2.24) is 4.98 Å². The van der Waals surface area contributed by atoms with Gasteiger partial charge >= 0.3 is 5.97 Å². The van der Waals surface area contributed by atoms with Gasteiger partial charge in [0.15, 0.2) is 5.13 Å². The predicted molar refractivity (Wildman–Crippen MR) is 64.2 cm³/mol. The highest BCUT2D eigenvalue weighted by molar-refractivity contribution is 7.94. The molecule has 2 aromatic rings. The number of hydrogen-bond donors (Lipinski definition) is 2. The zero-order valence-electron chi connectivity index (χ0n) is 8.15. The van der Waals surface area contributed by atoms with Crippen molar-refractivity contribution in [3.05, 3.63) is 28.6 Å². The van der Waals surface area contributed by atoms with E-state index in [0.29, 0.717) is 0 Å². The van der Waals surface area contributed by atoms with Crippen molar-refractivity contribution in [1.29, 1.82) is 0 Å². The van der Waals surface area contributed by atoms with E-state index in [9.17, 15) is 13.2 Å². The van der Waals surface area contributed by atoms with E-state index in [-0.39, 0.29) is 14.9 Å². The molecule has 0 spiro atoms. The molecule has 2 N–H and O–H groups in total. The van der Waals surface area contributed by atoms with E-state index in [4.69, 9.17) is 5.11 Å². The highest BCUT2D eigenvalue weighted by Gasteiger charge is 2.19. The van der Waals surface area contributed by atoms with Crippen LogP contribution >= 0.6 is 22.7 Å². The number of aromatic carboxylic acids is 1. The fourth-order valence-corrected chi connectivity index (χ4v) is 3.95. The third-order valence-corrected chi connectivity index (χ3v) is 5.34. The first-order chi connectivity index (χ1) is 7.99. The van der Waals surface area contributed by atoms with Crippen molar-refractivity contribution in [2.24, 2.45) is 0 Å². The van der Waals surface area contributed by atoms with Crippen molar-refractivity contribution in [3.8, 4) is 0 Å². The first kappa shape index (κ1) is 12.0. The Morgan fingerprint density at radius 1 is 1.41 bits per heavy atom. The van der Waals surface area contributed by atoms with Crippen LogP contribution in [0.3, 0.4) is 0 Å². The van der Waals surface area contributed by atoms with Crippen molar-refractivity contribution < 1.29 is 18.3 Å². The monoisotopic (exact) mass is 290 g/mol. The molecule has 0 aliphatic carbocycles. The molecule has 0 bridgehead atoms. The number of sulfonamides is 1. The maximum atomic E-state index is 11.8. The second-order valence-corrected chi connectivity index (χ2v) is 6.62. The van der Waals surface area contributed by atoms with Crippen LogP contribution in [0.15, 0.2) is 27.2 Å². The van der Waals surface area contributed by atoms with Crippen molar-refractivity contribution in [2.45, 2.75) is 4.21 Å². The minimum Gasteiger partial charge on any atom is -0.478 e. The van der Waals surface area contributed by atoms with Gasteiger partial charge in [-0.25, -0.2) is 18.2 Å². The minimum absolute atomic E-state index is 0.0467. The molecule has 17 heavy (non-hydrogen) atoms. The van der Waals surface area contributed by atoms with Gasteiger partial charge in [0.25, 0.3) is 10.0 Å². The van der Waals surface area contributed by atoms with Crippen LogP contribution in [0.25, 0.3) is 0 Å². The van der Waals surface area contributed by atoms with Gasteiger partial charge in [-0.15, -0.1) is 22.7 Å². The summed E-state index contributed by atoms with van der Waals surface area (Å²) in [6.45, 7) is 0. The number of anilines is 1. The molecule has 0 radical (unpaired) electrons. The summed E-state index contributed by atoms with van der Waals surface area (Å²) >= 11 is 2.00. The fraction of sp³-hybridized carbons (Fsp3) is 0. The van der Waals surface area contributed by atoms with Gasteiger partial charge in [-0.3, -0.25) is 4.72 Å². The number of carboxylic acids is 1. The quantitative estimate of drug-likeness (QED) is 0.893. The van der Waals surface area contributed by atoms with Gasteiger partial charge in [0, 0.05) is 17.0 Å². The van der Waals surface area contributed by atoms with E-state index in [0.717, 1.165) is 28.7 Å². The summed E-state index contributed by atoms with van der Waals surface area (Å²) in [5, 5.41) is 11.9. The van der Waals surface area contributed by atoms with Crippen LogP contribution < -0.4 is 4.72 Å². The maximum Gasteiger partial charge on any atom is 0.336 e. The topological polar surface area (TPSA) is 96.4 Å². The fourth-order valence-electron chi connectivity index (χ4n) is 1.01. The molecule has 0 aliphatic rings. The molecule has 0 unspecified atom stereocenters. The van der Waals surface area contributed by atoms with E-state index in [1.165, 1.54) is 11.6 Å². The number of carbonyl (C=O) groups is 1. The Morgan fingerprint density at radius 2 is 2.18 bits per heavy atom. The Hall–Kier alpha value is -1.45. The van der Waals surface area contributed by atoms with E-state index in [1.807, 2.05) is 0 Å². The second-order valence-electron chi connectivity index (χ2n) is 2.90. The summed E-state index contributed by atoms with van der Waals surface area (Å²) in [7, 11) is -3.74. The minimum atomic E-state index is -3.74. The highest BCUT2D eigenvalue weighted by Crippen LogP contribution is 2.23. The van der Waals surface area contributed by atoms with Crippen molar-refractivity contribution in [3.63, 3.8) is 0 Å². The first-order valence-corrected chi connectivity index (χ1v) is 7.47. The van der Waals surface area contributed by atoms with Crippen LogP contribution in [0, 0.1) is 0 Å². The number of carboxylic acid groups (broad SMARTS) is 1. The number of thiophene rings is 1. The van der Waals surface area contributed by atoms with Gasteiger partial charge in [0.2, 0.25) is 0 Å². The number of hydrogen-bond acceptors (Lipinski definition) is 6. The summed E-state index contributed by atoms with van der Waals surface area (Å²) in [6.07, 6.45) is 1.47. The van der Waals surface area contributed by atoms with Gasteiger partial charge in [-0.05, 0) is 6.07 Å². The van der Waals surface area contributed by atoms with Crippen LogP contribution in [0.1, 0.15) is 10.4 Å². The number of nitrogens with zero attached hydrogens (tertiary/aromatic N) is 1. The van der Waals surface area contributed by atoms with Gasteiger partial charge < -0.3 is 5.11 Å². The lowest BCUT2D eigenvalue weighted by Crippen LogP contribution is -2.11. The summed E-state index contributed by atoms with van der Waals surface area (Å²) in [4.78, 5) is 14.4. The number of aromatic nitrogens is 1. The van der Waals surface area contributed by atoms with E-state index in [1.54, 1.807) is 5.38 Å². The average molecular weight is 290 g/mol. The SMILES string of the molecule is O=C(O)c1csc(S(=O)(=O)Nc2nccs2)c1. The molecule has 2 aromatic heterocycles. The van der Waals surface area contributed by atoms with E-state index >= 15 is 0 Å². The Labute approximate surface area is 105 Å². The standard InChI is InChI=1S/C8H6N2O4S3/c11-7(12)5-3-6(16-4-5)17(13,14)10-8-9-1-2-15-8/h1-4H,(H,9,10)(H,11,12). The lowest BCUT2D eigenvalue weighted by atomic mass is 10.4. The van der Waals surface area contributed by atoms with Gasteiger partial charge in [-0.1, -0.05) is 0 Å². The second kappa shape index (κ2) is 4.43. The Balaban J connectivity index is 2.28. The van der Waals surface area contributed by atoms with Gasteiger partial charge in [-0.2, -0.15) is 0 Å². The van der Waals surface area contributed by atoms with E-state index < -0.39 is 16.0 Å². The predicted octanol–water partition coefficient (Wildman–Crippen LogP) is 1.70. The summed E-state index contributed by atoms with van der Waals surface area (Å²) in [5.74, 6) is -1.16. The Morgan fingerprint density at radius 3 is 2.71 bits per heavy atom. The lowest BCUT2D eigenvalue weighted by molar-refractivity contribution is 0.0697. The lowest BCUT2D eigenvalue weighted by Gasteiger charge is -2.00. The van der Waals surface area contributed by atoms with Crippen LogP contribution in [0.5, 0.6) is 0 Å². The third kappa shape index (κ3) is 2.62. The smallest absolute Gasteiger partial charge is 0.336 e. The highest BCUT2D eigenvalue weighted by atomic mass is 32.2. The summed E-state index contributed by atoms with van der Waals surface area (Å²) in [5.41, 5.74) is -0.0467. The molecule has 0 aromatic carbocycles. The number of rotatable bonds is 4. The van der Waals surface area contributed by atoms with Crippen molar-refractivity contribution >= 4 is 43.8 Å². The summed E-state index contributed by atoms with van der Waals surface area (Å²) in [6, 6.07) is 1.11. The molecular weight excluding hydrogens is 284 g/mol. The molecule has 2 heterocycles. The first-order valence-electron chi connectivity index (χ1n) is 4.23. The van der Waals surface area contributed by atoms with E-state index in [2.05, 4.69) is 9.71 Å². The zero-order valence-corrected chi connectivity index (χ0v) is 10.6. The molecule has 9 heteroatoms. The molecule has 0 atom stereocenters. The summed E-state index contributed by atoms with van der Waals surface area (Å²) < 4.78 is 25.8. The molecule has 0 saturated carbocycles. The molecule has 2 rings (SSSR count). The van der Waals surface area contributed by atoms with Crippen LogP contribution in [-0.2, 0) is 10.0 Å². The molecule has 0 saturated heterocycles. The molecule has 0 aliphatic heterocycles. The largest absolute Gasteiger partial charge is 0.478 e. The number of nitrogens with one attached hydrogen (secondary N) is 1. The Bertz CT molecular complexity index is 630. The third-order valence-electron chi connectivity index (χ3n) is 1.74. The normalized spacial score (nSPS) is 11.3. The molecule has 0 fully saturated rings. The average Bonchev–Trinajstić information content (AvgIpc) is 2.84. The van der Waals surface area contributed by atoms with Crippen LogP contribution in [-0.4, -0.2) is 24.5 Å². The molecule has 90 valence electrons. The van der Waals surface area contributed by atoms with Crippen LogP contribution in [0.4, 0.5) is 5.13 Å². The molecule has 6 nitrogen and oxygen atoms in total. The molecular formula is C8H6N2O4S3. The van der Waals surface area contributed by atoms with Crippen molar-refractivity contribution in [2.75, 3.05) is 4.72 Å². The Kier molecular flexibility index (Phi) is 3.13. The van der Waals surface area contributed by atoms with Gasteiger partial charge in [0.1, 0.15) is 4.21 Å². The molecule has 0 amide bonds. The number of thiazole rings is 1. The van der Waals surface area contributed by atoms with Gasteiger partial charge in [0.05, 0.1) is 5.56 Å². The zero-order chi connectivity index (χ0) is 12.5. The maximum absolute atomic E-state index is 11.8. The van der Waals surface area contributed by atoms with Crippen LogP contribution in [0.2, 0.25) is 0 Å².